The number of ether oxygens (including phenoxy) is 1. The lowest BCUT2D eigenvalue weighted by molar-refractivity contribution is -0.137. The van der Waals surface area contributed by atoms with Gasteiger partial charge in [-0.2, -0.15) is 13.2 Å². The second kappa shape index (κ2) is 7.43. The maximum absolute atomic E-state index is 12.9. The number of carbonyl (C=O) groups excluding carboxylic acids is 1. The van der Waals surface area contributed by atoms with E-state index >= 15 is 0 Å². The van der Waals surface area contributed by atoms with Crippen LogP contribution in [0.3, 0.4) is 0 Å². The van der Waals surface area contributed by atoms with Crippen molar-refractivity contribution in [3.8, 4) is 11.1 Å². The predicted molar refractivity (Wildman–Crippen MR) is 103 cm³/mol. The van der Waals surface area contributed by atoms with Gasteiger partial charge in [0.15, 0.2) is 0 Å². The summed E-state index contributed by atoms with van der Waals surface area (Å²) in [5, 5.41) is 0.708. The Kier molecular flexibility index (Phi) is 5.35. The van der Waals surface area contributed by atoms with Crippen molar-refractivity contribution in [2.24, 2.45) is 0 Å². The van der Waals surface area contributed by atoms with Crippen LogP contribution in [0.25, 0.3) is 22.0 Å². The summed E-state index contributed by atoms with van der Waals surface area (Å²) in [6, 6.07) is 8.52. The highest BCUT2D eigenvalue weighted by atomic mass is 35.5. The predicted octanol–water partition coefficient (Wildman–Crippen LogP) is 6.37. The van der Waals surface area contributed by atoms with Crippen LogP contribution in [0.5, 0.6) is 0 Å². The fourth-order valence-corrected chi connectivity index (χ4v) is 3.46. The largest absolute Gasteiger partial charge is 0.462 e. The zero-order valence-electron chi connectivity index (χ0n) is 15.4. The van der Waals surface area contributed by atoms with Crippen LogP contribution in [0.4, 0.5) is 13.2 Å². The standard InChI is InChI=1S/C21H17ClF3NO2/c1-4-28-20(27)19-11(2)16-9-13(5-8-18(16)26-12(19)3)15-7-6-14(10-17(15)22)21(23,24)25/h5-10H,4H2,1-3H3. The lowest BCUT2D eigenvalue weighted by atomic mass is 9.97. The zero-order chi connectivity index (χ0) is 20.6. The van der Waals surface area contributed by atoms with Crippen molar-refractivity contribution in [1.82, 2.24) is 4.98 Å². The number of nitrogens with zero attached hydrogens (tertiary/aromatic N) is 1. The number of aromatic nitrogens is 1. The van der Waals surface area contributed by atoms with Gasteiger partial charge in [-0.05, 0) is 56.2 Å². The van der Waals surface area contributed by atoms with Gasteiger partial charge in [0, 0.05) is 16.0 Å². The van der Waals surface area contributed by atoms with E-state index in [-0.39, 0.29) is 11.6 Å². The van der Waals surface area contributed by atoms with Crippen molar-refractivity contribution < 1.29 is 22.7 Å². The molecule has 28 heavy (non-hydrogen) atoms. The number of aryl methyl sites for hydroxylation is 2. The molecule has 0 atom stereocenters. The first-order chi connectivity index (χ1) is 13.1. The first-order valence-corrected chi connectivity index (χ1v) is 8.96. The normalized spacial score (nSPS) is 11.7. The maximum atomic E-state index is 12.9. The van der Waals surface area contributed by atoms with Crippen LogP contribution in [-0.2, 0) is 10.9 Å². The molecule has 3 aromatic rings. The fourth-order valence-electron chi connectivity index (χ4n) is 3.17. The van der Waals surface area contributed by atoms with Crippen molar-refractivity contribution >= 4 is 28.5 Å². The molecule has 0 aliphatic rings. The van der Waals surface area contributed by atoms with Crippen LogP contribution < -0.4 is 0 Å². The monoisotopic (exact) mass is 407 g/mol. The summed E-state index contributed by atoms with van der Waals surface area (Å²) in [6.07, 6.45) is -4.46. The summed E-state index contributed by atoms with van der Waals surface area (Å²) < 4.78 is 43.7. The van der Waals surface area contributed by atoms with Gasteiger partial charge in [-0.15, -0.1) is 0 Å². The van der Waals surface area contributed by atoms with Gasteiger partial charge in [0.25, 0.3) is 0 Å². The van der Waals surface area contributed by atoms with E-state index in [1.165, 1.54) is 6.07 Å². The molecule has 0 amide bonds. The Morgan fingerprint density at radius 3 is 2.46 bits per heavy atom. The highest BCUT2D eigenvalue weighted by molar-refractivity contribution is 6.33. The molecule has 0 fully saturated rings. The van der Waals surface area contributed by atoms with E-state index in [2.05, 4.69) is 4.98 Å². The molecule has 3 rings (SSSR count). The average Bonchev–Trinajstić information content (AvgIpc) is 2.61. The number of alkyl halides is 3. The molecule has 0 saturated heterocycles. The highest BCUT2D eigenvalue weighted by Gasteiger charge is 2.31. The van der Waals surface area contributed by atoms with Gasteiger partial charge in [0.05, 0.1) is 28.9 Å². The van der Waals surface area contributed by atoms with Crippen LogP contribution >= 0.6 is 11.6 Å². The lowest BCUT2D eigenvalue weighted by Crippen LogP contribution is -2.10. The van der Waals surface area contributed by atoms with Crippen LogP contribution in [0.15, 0.2) is 36.4 Å². The number of fused-ring (bicyclic) bond motifs is 1. The fraction of sp³-hybridized carbons (Fsp3) is 0.238. The second-order valence-corrected chi connectivity index (χ2v) is 6.75. The smallest absolute Gasteiger partial charge is 0.416 e. The quantitative estimate of drug-likeness (QED) is 0.474. The first-order valence-electron chi connectivity index (χ1n) is 8.58. The molecule has 146 valence electrons. The number of hydrogen-bond acceptors (Lipinski definition) is 3. The van der Waals surface area contributed by atoms with Crippen LogP contribution in [0.2, 0.25) is 5.02 Å². The molecule has 7 heteroatoms. The van der Waals surface area contributed by atoms with E-state index in [1.54, 1.807) is 39.0 Å². The molecule has 1 heterocycles. The number of carbonyl (C=O) groups is 1. The van der Waals surface area contributed by atoms with Crippen molar-refractivity contribution in [1.29, 1.82) is 0 Å². The van der Waals surface area contributed by atoms with E-state index in [4.69, 9.17) is 16.3 Å². The van der Waals surface area contributed by atoms with Crippen LogP contribution in [0, 0.1) is 13.8 Å². The van der Waals surface area contributed by atoms with Crippen molar-refractivity contribution in [3.63, 3.8) is 0 Å². The third-order valence-electron chi connectivity index (χ3n) is 4.51. The van der Waals surface area contributed by atoms with E-state index < -0.39 is 17.7 Å². The van der Waals surface area contributed by atoms with E-state index in [0.29, 0.717) is 38.9 Å². The Hall–Kier alpha value is -2.60. The lowest BCUT2D eigenvalue weighted by Gasteiger charge is -2.14. The molecule has 0 spiro atoms. The molecule has 0 saturated carbocycles. The number of rotatable bonds is 3. The molecular weight excluding hydrogens is 391 g/mol. The van der Waals surface area contributed by atoms with Gasteiger partial charge in [0.1, 0.15) is 0 Å². The van der Waals surface area contributed by atoms with E-state index in [0.717, 1.165) is 12.1 Å². The minimum atomic E-state index is -4.46. The zero-order valence-corrected chi connectivity index (χ0v) is 16.2. The van der Waals surface area contributed by atoms with E-state index in [9.17, 15) is 18.0 Å². The molecule has 0 bridgehead atoms. The second-order valence-electron chi connectivity index (χ2n) is 6.34. The SMILES string of the molecule is CCOC(=O)c1c(C)nc2ccc(-c3ccc(C(F)(F)F)cc3Cl)cc2c1C. The highest BCUT2D eigenvalue weighted by Crippen LogP contribution is 2.37. The minimum Gasteiger partial charge on any atom is -0.462 e. The molecule has 0 aliphatic heterocycles. The number of esters is 1. The Morgan fingerprint density at radius 1 is 1.14 bits per heavy atom. The summed E-state index contributed by atoms with van der Waals surface area (Å²) in [7, 11) is 0. The molecule has 0 aliphatic carbocycles. The van der Waals surface area contributed by atoms with Gasteiger partial charge in [-0.3, -0.25) is 4.98 Å². The summed E-state index contributed by atoms with van der Waals surface area (Å²) in [5.74, 6) is -0.454. The summed E-state index contributed by atoms with van der Waals surface area (Å²) in [5.41, 5.74) is 2.62. The molecule has 3 nitrogen and oxygen atoms in total. The molecular formula is C21H17ClF3NO2. The third kappa shape index (κ3) is 3.69. The summed E-state index contributed by atoms with van der Waals surface area (Å²) >= 11 is 6.12. The average molecular weight is 408 g/mol. The van der Waals surface area contributed by atoms with Crippen LogP contribution in [0.1, 0.15) is 34.1 Å². The first kappa shape index (κ1) is 20.1. The van der Waals surface area contributed by atoms with Crippen LogP contribution in [-0.4, -0.2) is 17.6 Å². The van der Waals surface area contributed by atoms with Crippen molar-refractivity contribution in [2.45, 2.75) is 26.9 Å². The molecule has 0 N–H and O–H groups in total. The van der Waals surface area contributed by atoms with Gasteiger partial charge < -0.3 is 4.74 Å². The third-order valence-corrected chi connectivity index (χ3v) is 4.83. The minimum absolute atomic E-state index is 0.00230. The van der Waals surface area contributed by atoms with Gasteiger partial charge in [0.2, 0.25) is 0 Å². The summed E-state index contributed by atoms with van der Waals surface area (Å²) in [4.78, 5) is 16.7. The number of halogens is 4. The molecule has 2 aromatic carbocycles. The number of hydrogen-bond donors (Lipinski definition) is 0. The van der Waals surface area contributed by atoms with E-state index in [1.807, 2.05) is 0 Å². The summed E-state index contributed by atoms with van der Waals surface area (Å²) in [6.45, 7) is 5.50. The van der Waals surface area contributed by atoms with Gasteiger partial charge >= 0.3 is 12.1 Å². The molecule has 1 aromatic heterocycles. The Balaban J connectivity index is 2.16. The molecule has 0 radical (unpaired) electrons. The van der Waals surface area contributed by atoms with Crippen molar-refractivity contribution in [2.75, 3.05) is 6.61 Å². The molecule has 0 unspecified atom stereocenters. The number of pyridine rings is 1. The van der Waals surface area contributed by atoms with Gasteiger partial charge in [-0.25, -0.2) is 4.79 Å². The maximum Gasteiger partial charge on any atom is 0.416 e. The van der Waals surface area contributed by atoms with Gasteiger partial charge in [-0.1, -0.05) is 23.7 Å². The van der Waals surface area contributed by atoms with Crippen molar-refractivity contribution in [3.05, 3.63) is 63.8 Å². The number of benzene rings is 2. The Labute approximate surface area is 165 Å². The Morgan fingerprint density at radius 2 is 1.86 bits per heavy atom. The topological polar surface area (TPSA) is 39.2 Å². The Bertz CT molecular complexity index is 1080.